The summed E-state index contributed by atoms with van der Waals surface area (Å²) < 4.78 is 5.35. The van der Waals surface area contributed by atoms with Gasteiger partial charge in [-0.2, -0.15) is 0 Å². The van der Waals surface area contributed by atoms with Crippen molar-refractivity contribution in [2.75, 3.05) is 18.5 Å². The van der Waals surface area contributed by atoms with Crippen LogP contribution in [0.15, 0.2) is 24.3 Å². The summed E-state index contributed by atoms with van der Waals surface area (Å²) in [5.41, 5.74) is 0.611. The lowest BCUT2D eigenvalue weighted by atomic mass is 9.81. The molecule has 1 N–H and O–H groups in total. The van der Waals surface area contributed by atoms with Crippen molar-refractivity contribution in [3.8, 4) is 5.75 Å². The van der Waals surface area contributed by atoms with Crippen LogP contribution in [-0.4, -0.2) is 35.8 Å². The highest BCUT2D eigenvalue weighted by molar-refractivity contribution is 6.08. The smallest absolute Gasteiger partial charge is 0.244 e. The predicted octanol–water partition coefficient (Wildman–Crippen LogP) is 2.20. The van der Waals surface area contributed by atoms with Crippen molar-refractivity contribution in [3.63, 3.8) is 0 Å². The third-order valence-corrected chi connectivity index (χ3v) is 4.68. The average Bonchev–Trinajstić information content (AvgIpc) is 2.82. The third kappa shape index (κ3) is 3.27. The molecule has 1 saturated carbocycles. The molecular formula is C18H22N2O4. The quantitative estimate of drug-likeness (QED) is 0.840. The highest BCUT2D eigenvalue weighted by Crippen LogP contribution is 2.37. The summed E-state index contributed by atoms with van der Waals surface area (Å²) in [6, 6.07) is 6.99. The number of nitrogens with zero attached hydrogens (tertiary/aromatic N) is 1. The molecule has 0 unspecified atom stereocenters. The van der Waals surface area contributed by atoms with Gasteiger partial charge in [0.1, 0.15) is 12.3 Å². The van der Waals surface area contributed by atoms with E-state index < -0.39 is 0 Å². The average molecular weight is 330 g/mol. The summed E-state index contributed by atoms with van der Waals surface area (Å²) in [5.74, 6) is -0.448. The van der Waals surface area contributed by atoms with Crippen LogP contribution < -0.4 is 10.1 Å². The third-order valence-electron chi connectivity index (χ3n) is 4.68. The van der Waals surface area contributed by atoms with Crippen LogP contribution in [-0.2, 0) is 14.4 Å². The molecule has 1 aromatic rings. The van der Waals surface area contributed by atoms with Crippen LogP contribution >= 0.6 is 0 Å². The van der Waals surface area contributed by atoms with Crippen molar-refractivity contribution in [3.05, 3.63) is 24.3 Å². The van der Waals surface area contributed by atoms with Crippen molar-refractivity contribution in [1.29, 1.82) is 0 Å². The molecule has 24 heavy (non-hydrogen) atoms. The van der Waals surface area contributed by atoms with Crippen molar-refractivity contribution in [1.82, 2.24) is 4.90 Å². The van der Waals surface area contributed by atoms with Crippen LogP contribution in [0.5, 0.6) is 5.75 Å². The molecular weight excluding hydrogens is 308 g/mol. The Labute approximate surface area is 141 Å². The van der Waals surface area contributed by atoms with E-state index in [1.807, 2.05) is 6.92 Å². The van der Waals surface area contributed by atoms with Crippen LogP contribution in [0, 0.1) is 11.8 Å². The molecule has 2 aliphatic rings. The molecule has 6 heteroatoms. The van der Waals surface area contributed by atoms with Gasteiger partial charge in [-0.1, -0.05) is 12.8 Å². The first-order valence-electron chi connectivity index (χ1n) is 8.48. The van der Waals surface area contributed by atoms with E-state index in [9.17, 15) is 14.4 Å². The molecule has 1 aliphatic carbocycles. The fraction of sp³-hybridized carbons (Fsp3) is 0.500. The lowest BCUT2D eigenvalue weighted by Crippen LogP contribution is -2.38. The van der Waals surface area contributed by atoms with E-state index in [0.29, 0.717) is 12.3 Å². The zero-order chi connectivity index (χ0) is 17.1. The number of carbonyl (C=O) groups is 3. The van der Waals surface area contributed by atoms with E-state index in [2.05, 4.69) is 5.32 Å². The minimum absolute atomic E-state index is 0.188. The molecule has 0 bridgehead atoms. The van der Waals surface area contributed by atoms with Crippen LogP contribution in [0.1, 0.15) is 32.6 Å². The van der Waals surface area contributed by atoms with E-state index >= 15 is 0 Å². The van der Waals surface area contributed by atoms with Crippen LogP contribution in [0.25, 0.3) is 0 Å². The van der Waals surface area contributed by atoms with E-state index in [1.165, 1.54) is 0 Å². The normalized spacial score (nSPS) is 23.1. The number of carbonyl (C=O) groups excluding carboxylic acids is 3. The first-order valence-corrected chi connectivity index (χ1v) is 8.48. The van der Waals surface area contributed by atoms with Gasteiger partial charge in [-0.15, -0.1) is 0 Å². The Hall–Kier alpha value is -2.37. The Balaban J connectivity index is 1.60. The fourth-order valence-electron chi connectivity index (χ4n) is 3.53. The largest absolute Gasteiger partial charge is 0.494 e. The summed E-state index contributed by atoms with van der Waals surface area (Å²) in [6.45, 7) is 2.27. The maximum atomic E-state index is 12.4. The summed E-state index contributed by atoms with van der Waals surface area (Å²) in [6.07, 6.45) is 3.47. The number of rotatable bonds is 5. The lowest BCUT2D eigenvalue weighted by molar-refractivity contribution is -0.142. The molecule has 6 nitrogen and oxygen atoms in total. The maximum absolute atomic E-state index is 12.4. The molecule has 1 aliphatic heterocycles. The van der Waals surface area contributed by atoms with Crippen molar-refractivity contribution in [2.24, 2.45) is 11.8 Å². The summed E-state index contributed by atoms with van der Waals surface area (Å²) in [5, 5.41) is 2.72. The molecule has 3 rings (SSSR count). The van der Waals surface area contributed by atoms with E-state index in [0.717, 1.165) is 36.3 Å². The predicted molar refractivity (Wildman–Crippen MR) is 88.4 cm³/mol. The molecule has 2 atom stereocenters. The molecule has 3 amide bonds. The Kier molecular flexibility index (Phi) is 4.83. The maximum Gasteiger partial charge on any atom is 0.244 e. The number of fused-ring (bicyclic) bond motifs is 1. The van der Waals surface area contributed by atoms with Gasteiger partial charge < -0.3 is 10.1 Å². The summed E-state index contributed by atoms with van der Waals surface area (Å²) >= 11 is 0. The van der Waals surface area contributed by atoms with Crippen molar-refractivity contribution >= 4 is 23.4 Å². The Bertz CT molecular complexity index is 617. The molecule has 0 radical (unpaired) electrons. The minimum Gasteiger partial charge on any atom is -0.494 e. The van der Waals surface area contributed by atoms with Gasteiger partial charge in [-0.3, -0.25) is 19.3 Å². The van der Waals surface area contributed by atoms with Gasteiger partial charge in [0.2, 0.25) is 17.7 Å². The molecule has 0 aromatic heterocycles. The molecule has 1 heterocycles. The number of nitrogens with one attached hydrogen (secondary N) is 1. The van der Waals surface area contributed by atoms with Crippen LogP contribution in [0.4, 0.5) is 5.69 Å². The second-order valence-electron chi connectivity index (χ2n) is 6.27. The highest BCUT2D eigenvalue weighted by atomic mass is 16.5. The zero-order valence-corrected chi connectivity index (χ0v) is 13.8. The van der Waals surface area contributed by atoms with E-state index in [1.54, 1.807) is 24.3 Å². The SMILES string of the molecule is CCOc1ccc(NC(=O)CN2C(=O)[C@H]3CCCC[C@H]3C2=O)cc1. The monoisotopic (exact) mass is 330 g/mol. The zero-order valence-electron chi connectivity index (χ0n) is 13.8. The Morgan fingerprint density at radius 2 is 1.71 bits per heavy atom. The van der Waals surface area contributed by atoms with Crippen LogP contribution in [0.3, 0.4) is 0 Å². The second-order valence-corrected chi connectivity index (χ2v) is 6.27. The number of hydrogen-bond donors (Lipinski definition) is 1. The highest BCUT2D eigenvalue weighted by Gasteiger charge is 2.48. The summed E-state index contributed by atoms with van der Waals surface area (Å²) in [7, 11) is 0. The Morgan fingerprint density at radius 3 is 2.25 bits per heavy atom. The van der Waals surface area contributed by atoms with E-state index in [4.69, 9.17) is 4.74 Å². The molecule has 128 valence electrons. The standard InChI is InChI=1S/C18H22N2O4/c1-2-24-13-9-7-12(8-10-13)19-16(21)11-20-17(22)14-5-3-4-6-15(14)18(20)23/h7-10,14-15H,2-6,11H2,1H3,(H,19,21)/t14-,15+. The number of benzene rings is 1. The van der Waals surface area contributed by atoms with Crippen molar-refractivity contribution in [2.45, 2.75) is 32.6 Å². The minimum atomic E-state index is -0.362. The van der Waals surface area contributed by atoms with Crippen molar-refractivity contribution < 1.29 is 19.1 Å². The van der Waals surface area contributed by atoms with Crippen LogP contribution in [0.2, 0.25) is 0 Å². The Morgan fingerprint density at radius 1 is 1.12 bits per heavy atom. The van der Waals surface area contributed by atoms with Gasteiger partial charge in [-0.25, -0.2) is 0 Å². The van der Waals surface area contributed by atoms with E-state index in [-0.39, 0.29) is 36.1 Å². The number of hydrogen-bond acceptors (Lipinski definition) is 4. The van der Waals surface area contributed by atoms with Gasteiger partial charge in [0.05, 0.1) is 18.4 Å². The number of ether oxygens (including phenoxy) is 1. The number of amides is 3. The number of imide groups is 1. The fourth-order valence-corrected chi connectivity index (χ4v) is 3.53. The van der Waals surface area contributed by atoms with Gasteiger partial charge >= 0.3 is 0 Å². The topological polar surface area (TPSA) is 75.7 Å². The number of anilines is 1. The van der Waals surface area contributed by atoms with Gasteiger partial charge in [0.15, 0.2) is 0 Å². The summed E-state index contributed by atoms with van der Waals surface area (Å²) in [4.78, 5) is 38.0. The second kappa shape index (κ2) is 7.03. The van der Waals surface area contributed by atoms with Gasteiger partial charge in [0.25, 0.3) is 0 Å². The van der Waals surface area contributed by atoms with Gasteiger partial charge in [-0.05, 0) is 44.0 Å². The molecule has 2 fully saturated rings. The number of likely N-dealkylation sites (tertiary alicyclic amines) is 1. The molecule has 1 aromatic carbocycles. The first-order chi connectivity index (χ1) is 11.6. The van der Waals surface area contributed by atoms with Gasteiger partial charge in [0, 0.05) is 5.69 Å². The lowest BCUT2D eigenvalue weighted by Gasteiger charge is -2.19. The molecule has 0 spiro atoms. The molecule has 1 saturated heterocycles. The first kappa shape index (κ1) is 16.5.